The molecule has 0 atom stereocenters. The summed E-state index contributed by atoms with van der Waals surface area (Å²) in [5.74, 6) is 1.12. The van der Waals surface area contributed by atoms with Gasteiger partial charge in [0.1, 0.15) is 16.4 Å². The molecule has 1 amide bonds. The molecule has 0 bridgehead atoms. The van der Waals surface area contributed by atoms with Crippen LogP contribution in [-0.4, -0.2) is 53.2 Å². The molecule has 0 unspecified atom stereocenters. The molecule has 29 heavy (non-hydrogen) atoms. The predicted octanol–water partition coefficient (Wildman–Crippen LogP) is 3.97. The van der Waals surface area contributed by atoms with E-state index in [1.807, 2.05) is 26.8 Å². The number of carbonyl (C=O) groups is 1. The van der Waals surface area contributed by atoms with Crippen molar-refractivity contribution in [2.24, 2.45) is 0 Å². The van der Waals surface area contributed by atoms with Gasteiger partial charge in [-0.1, -0.05) is 30.0 Å². The number of amides is 1. The van der Waals surface area contributed by atoms with Crippen molar-refractivity contribution in [2.45, 2.75) is 49.8 Å². The van der Waals surface area contributed by atoms with Crippen LogP contribution in [0, 0.1) is 0 Å². The summed E-state index contributed by atoms with van der Waals surface area (Å²) in [4.78, 5) is 19.1. The molecule has 1 aliphatic heterocycles. The highest BCUT2D eigenvalue weighted by molar-refractivity contribution is 8.00. The monoisotopic (exact) mass is 437 g/mol. The third-order valence-corrected chi connectivity index (χ3v) is 6.20. The number of nitrogens with zero attached hydrogens (tertiary/aromatic N) is 4. The summed E-state index contributed by atoms with van der Waals surface area (Å²) < 4.78 is 11.7. The lowest BCUT2D eigenvalue weighted by Gasteiger charge is -2.29. The standard InChI is InChI=1S/C19H27N5O3S2/c1-5-16-22-23-18(29-16)28-12-13-10-14(24-6-8-26-9-7-24)11-15(20-13)21-17(25)27-19(2,3)4/h10-11H,5-9,12H2,1-4H3,(H,20,21,25). The van der Waals surface area contributed by atoms with Crippen LogP contribution in [0.2, 0.25) is 0 Å². The fourth-order valence-electron chi connectivity index (χ4n) is 2.70. The zero-order valence-electron chi connectivity index (χ0n) is 17.2. The quantitative estimate of drug-likeness (QED) is 0.679. The summed E-state index contributed by atoms with van der Waals surface area (Å²) in [7, 11) is 0. The largest absolute Gasteiger partial charge is 0.444 e. The smallest absolute Gasteiger partial charge is 0.413 e. The number of carbonyl (C=O) groups excluding carboxylic acids is 1. The van der Waals surface area contributed by atoms with Crippen molar-refractivity contribution in [3.05, 3.63) is 22.8 Å². The molecule has 0 radical (unpaired) electrons. The Morgan fingerprint density at radius 3 is 2.72 bits per heavy atom. The van der Waals surface area contributed by atoms with Crippen LogP contribution in [-0.2, 0) is 21.6 Å². The van der Waals surface area contributed by atoms with E-state index in [1.54, 1.807) is 23.1 Å². The van der Waals surface area contributed by atoms with Crippen LogP contribution in [0.4, 0.5) is 16.3 Å². The highest BCUT2D eigenvalue weighted by atomic mass is 32.2. The van der Waals surface area contributed by atoms with Gasteiger partial charge in [0.25, 0.3) is 0 Å². The van der Waals surface area contributed by atoms with Gasteiger partial charge >= 0.3 is 6.09 Å². The maximum atomic E-state index is 12.2. The van der Waals surface area contributed by atoms with Crippen LogP contribution in [0.5, 0.6) is 0 Å². The summed E-state index contributed by atoms with van der Waals surface area (Å²) in [5.41, 5.74) is 1.30. The molecule has 0 aromatic carbocycles. The van der Waals surface area contributed by atoms with Crippen molar-refractivity contribution < 1.29 is 14.3 Å². The van der Waals surface area contributed by atoms with E-state index in [0.717, 1.165) is 40.2 Å². The molecule has 1 N–H and O–H groups in total. The maximum Gasteiger partial charge on any atom is 0.413 e. The summed E-state index contributed by atoms with van der Waals surface area (Å²) >= 11 is 3.20. The first kappa shape index (κ1) is 21.8. The van der Waals surface area contributed by atoms with Gasteiger partial charge in [0.15, 0.2) is 4.34 Å². The Morgan fingerprint density at radius 2 is 2.07 bits per heavy atom. The number of rotatable bonds is 6. The van der Waals surface area contributed by atoms with Gasteiger partial charge in [-0.3, -0.25) is 5.32 Å². The molecule has 0 aliphatic carbocycles. The zero-order chi connectivity index (χ0) is 20.9. The summed E-state index contributed by atoms with van der Waals surface area (Å²) in [6.07, 6.45) is 0.367. The lowest BCUT2D eigenvalue weighted by Crippen LogP contribution is -2.36. The highest BCUT2D eigenvalue weighted by Gasteiger charge is 2.19. The first-order valence-electron chi connectivity index (χ1n) is 9.61. The van der Waals surface area contributed by atoms with Gasteiger partial charge in [0.2, 0.25) is 0 Å². The number of hydrogen-bond donors (Lipinski definition) is 1. The van der Waals surface area contributed by atoms with Crippen LogP contribution in [0.1, 0.15) is 38.4 Å². The van der Waals surface area contributed by atoms with Crippen molar-refractivity contribution in [3.8, 4) is 0 Å². The molecule has 10 heteroatoms. The fraction of sp³-hybridized carbons (Fsp3) is 0.579. The second kappa shape index (κ2) is 9.73. The van der Waals surface area contributed by atoms with Crippen molar-refractivity contribution >= 4 is 40.7 Å². The third-order valence-electron chi connectivity index (χ3n) is 3.96. The van der Waals surface area contributed by atoms with E-state index in [2.05, 4.69) is 38.4 Å². The van der Waals surface area contributed by atoms with Crippen LogP contribution < -0.4 is 10.2 Å². The van der Waals surface area contributed by atoms with E-state index < -0.39 is 11.7 Å². The first-order valence-corrected chi connectivity index (χ1v) is 11.4. The molecule has 2 aromatic rings. The molecule has 2 aromatic heterocycles. The number of nitrogens with one attached hydrogen (secondary N) is 1. The number of pyridine rings is 1. The molecule has 8 nitrogen and oxygen atoms in total. The Balaban J connectivity index is 1.76. The minimum absolute atomic E-state index is 0.477. The van der Waals surface area contributed by atoms with Gasteiger partial charge in [0.05, 0.1) is 18.9 Å². The lowest BCUT2D eigenvalue weighted by molar-refractivity contribution is 0.0635. The van der Waals surface area contributed by atoms with E-state index in [0.29, 0.717) is 24.8 Å². The van der Waals surface area contributed by atoms with Crippen LogP contribution in [0.25, 0.3) is 0 Å². The van der Waals surface area contributed by atoms with E-state index in [4.69, 9.17) is 9.47 Å². The van der Waals surface area contributed by atoms with Crippen molar-refractivity contribution in [1.82, 2.24) is 15.2 Å². The molecule has 0 spiro atoms. The first-order chi connectivity index (χ1) is 13.8. The van der Waals surface area contributed by atoms with Gasteiger partial charge in [-0.2, -0.15) is 0 Å². The topological polar surface area (TPSA) is 89.5 Å². The molecule has 1 aliphatic rings. The number of aryl methyl sites for hydroxylation is 1. The molecule has 0 saturated carbocycles. The third kappa shape index (κ3) is 6.83. The van der Waals surface area contributed by atoms with Crippen molar-refractivity contribution in [3.63, 3.8) is 0 Å². The van der Waals surface area contributed by atoms with Gasteiger partial charge in [-0.05, 0) is 33.3 Å². The van der Waals surface area contributed by atoms with E-state index >= 15 is 0 Å². The Hall–Kier alpha value is -1.91. The molecular formula is C19H27N5O3S2. The normalized spacial score (nSPS) is 14.7. The number of ether oxygens (including phenoxy) is 2. The van der Waals surface area contributed by atoms with Crippen molar-refractivity contribution in [1.29, 1.82) is 0 Å². The Bertz CT molecular complexity index is 831. The van der Waals surface area contributed by atoms with Gasteiger partial charge in [0, 0.05) is 30.6 Å². The zero-order valence-corrected chi connectivity index (χ0v) is 18.9. The fourth-order valence-corrected chi connectivity index (χ4v) is 4.43. The lowest BCUT2D eigenvalue weighted by atomic mass is 10.2. The molecule has 3 heterocycles. The molecule has 1 fully saturated rings. The van der Waals surface area contributed by atoms with E-state index in [9.17, 15) is 4.79 Å². The van der Waals surface area contributed by atoms with E-state index in [1.165, 1.54) is 0 Å². The Labute approximate surface area is 179 Å². The number of hydrogen-bond acceptors (Lipinski definition) is 9. The molecule has 3 rings (SSSR count). The van der Waals surface area contributed by atoms with Crippen LogP contribution >= 0.6 is 23.1 Å². The summed E-state index contributed by atoms with van der Waals surface area (Å²) in [6.45, 7) is 10.5. The average Bonchev–Trinajstić information content (AvgIpc) is 3.13. The number of anilines is 2. The van der Waals surface area contributed by atoms with Gasteiger partial charge < -0.3 is 14.4 Å². The minimum atomic E-state index is -0.570. The average molecular weight is 438 g/mol. The number of thioether (sulfide) groups is 1. The Morgan fingerprint density at radius 1 is 1.31 bits per heavy atom. The molecule has 158 valence electrons. The van der Waals surface area contributed by atoms with Gasteiger partial charge in [-0.25, -0.2) is 9.78 Å². The van der Waals surface area contributed by atoms with E-state index in [-0.39, 0.29) is 0 Å². The molecule has 1 saturated heterocycles. The second-order valence-electron chi connectivity index (χ2n) is 7.53. The predicted molar refractivity (Wildman–Crippen MR) is 116 cm³/mol. The number of aromatic nitrogens is 3. The van der Waals surface area contributed by atoms with Gasteiger partial charge in [-0.15, -0.1) is 10.2 Å². The maximum absolute atomic E-state index is 12.2. The SMILES string of the molecule is CCc1nnc(SCc2cc(N3CCOCC3)cc(NC(=O)OC(C)(C)C)n2)s1. The molecular weight excluding hydrogens is 410 g/mol. The second-order valence-corrected chi connectivity index (χ2v) is 9.82. The number of morpholine rings is 1. The summed E-state index contributed by atoms with van der Waals surface area (Å²) in [5, 5.41) is 12.2. The van der Waals surface area contributed by atoms with Crippen LogP contribution in [0.15, 0.2) is 16.5 Å². The summed E-state index contributed by atoms with van der Waals surface area (Å²) in [6, 6.07) is 3.93. The Kier molecular flexibility index (Phi) is 7.31. The minimum Gasteiger partial charge on any atom is -0.444 e. The van der Waals surface area contributed by atoms with Crippen LogP contribution in [0.3, 0.4) is 0 Å². The highest BCUT2D eigenvalue weighted by Crippen LogP contribution is 2.28. The van der Waals surface area contributed by atoms with Crippen molar-refractivity contribution in [2.75, 3.05) is 36.5 Å².